The van der Waals surface area contributed by atoms with Crippen LogP contribution in [0.2, 0.25) is 0 Å². The highest BCUT2D eigenvalue weighted by Gasteiger charge is 2.29. The quantitative estimate of drug-likeness (QED) is 0.899. The first-order chi connectivity index (χ1) is 9.63. The molecule has 1 aromatic heterocycles. The van der Waals surface area contributed by atoms with Crippen LogP contribution in [0.3, 0.4) is 0 Å². The van der Waals surface area contributed by atoms with E-state index in [1.54, 1.807) is 0 Å². The lowest BCUT2D eigenvalue weighted by atomic mass is 10.1. The standard InChI is InChI=1S/C16H18N2O2/c1-10-8-11-4-2-3-5-14(11)18-15(10)17-13-7-6-12(9-13)16(19)20/h2-5,8,12-13H,6-7,9H2,1H3,(H,17,18)(H,19,20). The second-order valence-corrected chi connectivity index (χ2v) is 5.54. The Morgan fingerprint density at radius 3 is 2.90 bits per heavy atom. The minimum Gasteiger partial charge on any atom is -0.481 e. The molecule has 0 amide bonds. The highest BCUT2D eigenvalue weighted by Crippen LogP contribution is 2.29. The second-order valence-electron chi connectivity index (χ2n) is 5.54. The lowest BCUT2D eigenvalue weighted by Crippen LogP contribution is -2.19. The van der Waals surface area contributed by atoms with E-state index in [4.69, 9.17) is 5.11 Å². The molecule has 4 heteroatoms. The molecule has 1 heterocycles. The number of aryl methyl sites for hydroxylation is 1. The number of carboxylic acids is 1. The van der Waals surface area contributed by atoms with Gasteiger partial charge < -0.3 is 10.4 Å². The SMILES string of the molecule is Cc1cc2ccccc2nc1NC1CCC(C(=O)O)C1. The molecule has 0 radical (unpaired) electrons. The van der Waals surface area contributed by atoms with Crippen LogP contribution < -0.4 is 5.32 Å². The molecule has 2 N–H and O–H groups in total. The van der Waals surface area contributed by atoms with Crippen LogP contribution in [0, 0.1) is 12.8 Å². The molecule has 4 nitrogen and oxygen atoms in total. The van der Waals surface area contributed by atoms with Crippen LogP contribution in [0.15, 0.2) is 30.3 Å². The average Bonchev–Trinajstić information content (AvgIpc) is 2.88. The smallest absolute Gasteiger partial charge is 0.306 e. The number of aliphatic carboxylic acids is 1. The zero-order valence-electron chi connectivity index (χ0n) is 11.5. The predicted molar refractivity (Wildman–Crippen MR) is 78.9 cm³/mol. The molecule has 104 valence electrons. The number of para-hydroxylation sites is 1. The third-order valence-electron chi connectivity index (χ3n) is 4.04. The van der Waals surface area contributed by atoms with Gasteiger partial charge in [-0.15, -0.1) is 0 Å². The van der Waals surface area contributed by atoms with Crippen molar-refractivity contribution in [2.75, 3.05) is 5.32 Å². The molecular formula is C16H18N2O2. The molecule has 0 saturated heterocycles. The van der Waals surface area contributed by atoms with Crippen LogP contribution in [0.1, 0.15) is 24.8 Å². The highest BCUT2D eigenvalue weighted by atomic mass is 16.4. The number of benzene rings is 1. The number of nitrogens with one attached hydrogen (secondary N) is 1. The summed E-state index contributed by atoms with van der Waals surface area (Å²) in [5, 5.41) is 13.6. The maximum absolute atomic E-state index is 11.0. The van der Waals surface area contributed by atoms with Gasteiger partial charge in [0.25, 0.3) is 0 Å². The van der Waals surface area contributed by atoms with E-state index in [0.29, 0.717) is 6.42 Å². The Bertz CT molecular complexity index is 654. The van der Waals surface area contributed by atoms with E-state index in [-0.39, 0.29) is 12.0 Å². The molecule has 2 aromatic rings. The fourth-order valence-corrected chi connectivity index (χ4v) is 2.90. The number of nitrogens with zero attached hydrogens (tertiary/aromatic N) is 1. The molecule has 1 aliphatic rings. The summed E-state index contributed by atoms with van der Waals surface area (Å²) >= 11 is 0. The molecule has 1 saturated carbocycles. The van der Waals surface area contributed by atoms with Gasteiger partial charge in [0.1, 0.15) is 5.82 Å². The number of aromatic nitrogens is 1. The van der Waals surface area contributed by atoms with Crippen molar-refractivity contribution in [2.45, 2.75) is 32.2 Å². The summed E-state index contributed by atoms with van der Waals surface area (Å²) in [6, 6.07) is 10.4. The lowest BCUT2D eigenvalue weighted by molar-refractivity contribution is -0.141. The van der Waals surface area contributed by atoms with Gasteiger partial charge in [-0.3, -0.25) is 4.79 Å². The number of carboxylic acid groups (broad SMARTS) is 1. The van der Waals surface area contributed by atoms with Gasteiger partial charge in [0.15, 0.2) is 0 Å². The Kier molecular flexibility index (Phi) is 3.30. The number of rotatable bonds is 3. The molecule has 0 bridgehead atoms. The zero-order chi connectivity index (χ0) is 14.1. The van der Waals surface area contributed by atoms with Crippen molar-refractivity contribution in [3.63, 3.8) is 0 Å². The Labute approximate surface area is 117 Å². The fraction of sp³-hybridized carbons (Fsp3) is 0.375. The summed E-state index contributed by atoms with van der Waals surface area (Å²) in [5.41, 5.74) is 2.07. The van der Waals surface area contributed by atoms with E-state index in [1.165, 1.54) is 0 Å². The third kappa shape index (κ3) is 2.46. The molecule has 1 aliphatic carbocycles. The monoisotopic (exact) mass is 270 g/mol. The van der Waals surface area contributed by atoms with E-state index in [9.17, 15) is 4.79 Å². The van der Waals surface area contributed by atoms with Crippen LogP contribution in [0.25, 0.3) is 10.9 Å². The van der Waals surface area contributed by atoms with Gasteiger partial charge >= 0.3 is 5.97 Å². The summed E-state index contributed by atoms with van der Waals surface area (Å²) in [5.74, 6) is -0.0227. The van der Waals surface area contributed by atoms with Crippen LogP contribution in [0.5, 0.6) is 0 Å². The van der Waals surface area contributed by atoms with Crippen LogP contribution in [0.4, 0.5) is 5.82 Å². The minimum atomic E-state index is -0.683. The highest BCUT2D eigenvalue weighted by molar-refractivity contribution is 5.81. The van der Waals surface area contributed by atoms with Gasteiger partial charge in [-0.2, -0.15) is 0 Å². The van der Waals surface area contributed by atoms with Crippen molar-refractivity contribution < 1.29 is 9.90 Å². The third-order valence-corrected chi connectivity index (χ3v) is 4.04. The molecule has 0 aliphatic heterocycles. The van der Waals surface area contributed by atoms with Gasteiger partial charge in [-0.05, 0) is 43.9 Å². The number of carbonyl (C=O) groups is 1. The predicted octanol–water partition coefficient (Wildman–Crippen LogP) is 3.21. The molecule has 2 atom stereocenters. The van der Waals surface area contributed by atoms with Crippen molar-refractivity contribution in [3.05, 3.63) is 35.9 Å². The minimum absolute atomic E-state index is 0.212. The number of pyridine rings is 1. The summed E-state index contributed by atoms with van der Waals surface area (Å²) < 4.78 is 0. The van der Waals surface area contributed by atoms with Crippen molar-refractivity contribution >= 4 is 22.7 Å². The summed E-state index contributed by atoms with van der Waals surface area (Å²) in [4.78, 5) is 15.6. The largest absolute Gasteiger partial charge is 0.481 e. The van der Waals surface area contributed by atoms with Crippen molar-refractivity contribution in [1.29, 1.82) is 0 Å². The van der Waals surface area contributed by atoms with Crippen molar-refractivity contribution in [3.8, 4) is 0 Å². The zero-order valence-corrected chi connectivity index (χ0v) is 11.5. The molecule has 0 spiro atoms. The Balaban J connectivity index is 1.81. The maximum atomic E-state index is 11.0. The summed E-state index contributed by atoms with van der Waals surface area (Å²) in [6.45, 7) is 2.03. The van der Waals surface area contributed by atoms with Gasteiger partial charge in [-0.25, -0.2) is 4.98 Å². The van der Waals surface area contributed by atoms with E-state index in [2.05, 4.69) is 22.4 Å². The molecule has 1 fully saturated rings. The molecular weight excluding hydrogens is 252 g/mol. The number of anilines is 1. The van der Waals surface area contributed by atoms with Crippen LogP contribution in [-0.4, -0.2) is 22.1 Å². The first-order valence-electron chi connectivity index (χ1n) is 6.99. The van der Waals surface area contributed by atoms with Gasteiger partial charge in [0.05, 0.1) is 11.4 Å². The second kappa shape index (κ2) is 5.12. The number of fused-ring (bicyclic) bond motifs is 1. The van der Waals surface area contributed by atoms with E-state index in [1.807, 2.05) is 25.1 Å². The van der Waals surface area contributed by atoms with Gasteiger partial charge in [0, 0.05) is 11.4 Å². The fourth-order valence-electron chi connectivity index (χ4n) is 2.90. The lowest BCUT2D eigenvalue weighted by Gasteiger charge is -2.15. The maximum Gasteiger partial charge on any atom is 0.306 e. The molecule has 20 heavy (non-hydrogen) atoms. The van der Waals surface area contributed by atoms with Crippen molar-refractivity contribution in [2.24, 2.45) is 5.92 Å². The Morgan fingerprint density at radius 2 is 2.15 bits per heavy atom. The first kappa shape index (κ1) is 12.9. The topological polar surface area (TPSA) is 62.2 Å². The van der Waals surface area contributed by atoms with E-state index < -0.39 is 5.97 Å². The molecule has 3 rings (SSSR count). The Hall–Kier alpha value is -2.10. The molecule has 1 aromatic carbocycles. The van der Waals surface area contributed by atoms with Gasteiger partial charge in [-0.1, -0.05) is 18.2 Å². The Morgan fingerprint density at radius 1 is 1.35 bits per heavy atom. The summed E-state index contributed by atoms with van der Waals surface area (Å²) in [6.07, 6.45) is 2.33. The summed E-state index contributed by atoms with van der Waals surface area (Å²) in [7, 11) is 0. The average molecular weight is 270 g/mol. The van der Waals surface area contributed by atoms with Crippen LogP contribution >= 0.6 is 0 Å². The van der Waals surface area contributed by atoms with Crippen LogP contribution in [-0.2, 0) is 4.79 Å². The number of hydrogen-bond donors (Lipinski definition) is 2. The van der Waals surface area contributed by atoms with E-state index in [0.717, 1.165) is 35.1 Å². The van der Waals surface area contributed by atoms with E-state index >= 15 is 0 Å². The van der Waals surface area contributed by atoms with Gasteiger partial charge in [0.2, 0.25) is 0 Å². The normalized spacial score (nSPS) is 22.1. The molecule has 2 unspecified atom stereocenters. The number of hydrogen-bond acceptors (Lipinski definition) is 3. The first-order valence-corrected chi connectivity index (χ1v) is 6.99. The van der Waals surface area contributed by atoms with Crippen molar-refractivity contribution in [1.82, 2.24) is 4.98 Å².